The van der Waals surface area contributed by atoms with Gasteiger partial charge in [0.25, 0.3) is 5.91 Å². The van der Waals surface area contributed by atoms with Crippen molar-refractivity contribution >= 4 is 27.9 Å². The number of methoxy groups -OCH3 is 1. The van der Waals surface area contributed by atoms with Crippen molar-refractivity contribution in [3.05, 3.63) is 51.9 Å². The van der Waals surface area contributed by atoms with Crippen molar-refractivity contribution in [1.82, 2.24) is 5.32 Å². The van der Waals surface area contributed by atoms with Crippen molar-refractivity contribution in [3.8, 4) is 29.9 Å². The van der Waals surface area contributed by atoms with Gasteiger partial charge in [-0.15, -0.1) is 6.42 Å². The number of carbonyl (C=O) groups is 1. The van der Waals surface area contributed by atoms with Gasteiger partial charge in [0.05, 0.1) is 24.4 Å². The van der Waals surface area contributed by atoms with Gasteiger partial charge in [0.2, 0.25) is 0 Å². The number of terminal acetylenes is 1. The number of nitriles is 1. The lowest BCUT2D eigenvalue weighted by atomic mass is 10.1. The Morgan fingerprint density at radius 2 is 2.31 bits per heavy atom. The van der Waals surface area contributed by atoms with E-state index in [1.807, 2.05) is 6.07 Å². The summed E-state index contributed by atoms with van der Waals surface area (Å²) in [5.41, 5.74) is 0.536. The fraction of sp³-hybridized carbons (Fsp3) is 0.158. The van der Waals surface area contributed by atoms with E-state index in [9.17, 15) is 10.1 Å². The van der Waals surface area contributed by atoms with Crippen molar-refractivity contribution in [3.63, 3.8) is 0 Å². The fourth-order valence-electron chi connectivity index (χ4n) is 2.07. The number of carbonyl (C=O) groups excluding carboxylic acids is 1. The lowest BCUT2D eigenvalue weighted by molar-refractivity contribution is -0.117. The maximum absolute atomic E-state index is 12.2. The molecule has 1 amide bonds. The minimum atomic E-state index is -0.508. The zero-order chi connectivity index (χ0) is 18.9. The quantitative estimate of drug-likeness (QED) is 0.426. The Morgan fingerprint density at radius 3 is 2.92 bits per heavy atom. The largest absolute Gasteiger partial charge is 0.493 e. The van der Waals surface area contributed by atoms with Gasteiger partial charge in [0.1, 0.15) is 24.0 Å². The molecule has 6 nitrogen and oxygen atoms in total. The van der Waals surface area contributed by atoms with Crippen LogP contribution in [-0.2, 0) is 11.3 Å². The van der Waals surface area contributed by atoms with E-state index in [1.165, 1.54) is 19.4 Å². The number of ether oxygens (including phenoxy) is 2. The van der Waals surface area contributed by atoms with Gasteiger partial charge in [-0.3, -0.25) is 4.79 Å². The summed E-state index contributed by atoms with van der Waals surface area (Å²) in [4.78, 5) is 12.2. The normalized spacial score (nSPS) is 10.5. The summed E-state index contributed by atoms with van der Waals surface area (Å²) in [6.45, 7) is 0.277. The number of nitrogens with zero attached hydrogens (tertiary/aromatic N) is 1. The highest BCUT2D eigenvalue weighted by atomic mass is 79.9. The first kappa shape index (κ1) is 19.2. The maximum atomic E-state index is 12.2. The molecule has 0 saturated heterocycles. The van der Waals surface area contributed by atoms with Crippen LogP contribution in [0.4, 0.5) is 0 Å². The summed E-state index contributed by atoms with van der Waals surface area (Å²) in [5, 5.41) is 11.9. The number of furan rings is 1. The van der Waals surface area contributed by atoms with Crippen LogP contribution in [0.15, 0.2) is 45.0 Å². The minimum absolute atomic E-state index is 0.0530. The van der Waals surface area contributed by atoms with Crippen molar-refractivity contribution in [2.24, 2.45) is 0 Å². The van der Waals surface area contributed by atoms with Crippen molar-refractivity contribution in [2.75, 3.05) is 13.7 Å². The van der Waals surface area contributed by atoms with Crippen LogP contribution in [0.2, 0.25) is 0 Å². The molecule has 0 unspecified atom stereocenters. The van der Waals surface area contributed by atoms with Crippen molar-refractivity contribution < 1.29 is 18.7 Å². The molecule has 7 heteroatoms. The van der Waals surface area contributed by atoms with Crippen molar-refractivity contribution in [2.45, 2.75) is 6.54 Å². The van der Waals surface area contributed by atoms with Crippen LogP contribution in [0.1, 0.15) is 11.3 Å². The first-order chi connectivity index (χ1) is 12.6. The molecule has 2 rings (SSSR count). The molecule has 1 aromatic carbocycles. The summed E-state index contributed by atoms with van der Waals surface area (Å²) in [6.07, 6.45) is 8.17. The van der Waals surface area contributed by atoms with Crippen molar-refractivity contribution in [1.29, 1.82) is 5.26 Å². The van der Waals surface area contributed by atoms with Crippen LogP contribution in [0.3, 0.4) is 0 Å². The Bertz CT molecular complexity index is 889. The topological polar surface area (TPSA) is 84.5 Å². The monoisotopic (exact) mass is 414 g/mol. The zero-order valence-corrected chi connectivity index (χ0v) is 15.5. The summed E-state index contributed by atoms with van der Waals surface area (Å²) >= 11 is 3.38. The second-order valence-electron chi connectivity index (χ2n) is 4.96. The molecular formula is C19H15BrN2O4. The number of hydrogen-bond donors (Lipinski definition) is 1. The van der Waals surface area contributed by atoms with E-state index in [1.54, 1.807) is 24.3 Å². The summed E-state index contributed by atoms with van der Waals surface area (Å²) in [7, 11) is 1.49. The van der Waals surface area contributed by atoms with Gasteiger partial charge < -0.3 is 19.2 Å². The standard InChI is InChI=1S/C19H15BrN2O4/c1-3-6-26-18-16(20)9-13(10-17(18)24-2)8-14(11-21)19(23)22-12-15-5-4-7-25-15/h1,4-5,7-10H,6,12H2,2H3,(H,22,23)/b14-8+. The second-order valence-corrected chi connectivity index (χ2v) is 5.81. The molecule has 132 valence electrons. The Labute approximate surface area is 159 Å². The Balaban J connectivity index is 2.22. The molecule has 0 aliphatic carbocycles. The number of hydrogen-bond acceptors (Lipinski definition) is 5. The molecule has 2 aromatic rings. The average Bonchev–Trinajstić information content (AvgIpc) is 3.16. The average molecular weight is 415 g/mol. The van der Waals surface area contributed by atoms with Gasteiger partial charge in [-0.1, -0.05) is 5.92 Å². The molecule has 0 aliphatic rings. The summed E-state index contributed by atoms with van der Waals surface area (Å²) < 4.78 is 16.5. The number of amides is 1. The molecule has 1 aromatic heterocycles. The van der Waals surface area contributed by atoms with E-state index in [0.29, 0.717) is 27.3 Å². The second kappa shape index (κ2) is 9.36. The summed E-state index contributed by atoms with van der Waals surface area (Å²) in [6, 6.07) is 8.68. The van der Waals surface area contributed by atoms with Gasteiger partial charge >= 0.3 is 0 Å². The predicted octanol–water partition coefficient (Wildman–Crippen LogP) is 3.29. The Kier molecular flexibility index (Phi) is 6.90. The third kappa shape index (κ3) is 4.92. The first-order valence-corrected chi connectivity index (χ1v) is 8.24. The van der Waals surface area contributed by atoms with Crippen LogP contribution in [0.5, 0.6) is 11.5 Å². The molecule has 0 fully saturated rings. The highest BCUT2D eigenvalue weighted by Gasteiger charge is 2.14. The van der Waals surface area contributed by atoms with Crippen LogP contribution in [0, 0.1) is 23.7 Å². The highest BCUT2D eigenvalue weighted by molar-refractivity contribution is 9.10. The van der Waals surface area contributed by atoms with Gasteiger partial charge in [-0.25, -0.2) is 0 Å². The molecule has 0 radical (unpaired) electrons. The number of benzene rings is 1. The summed E-state index contributed by atoms with van der Waals surface area (Å²) in [5.74, 6) is 3.33. The van der Waals surface area contributed by atoms with Crippen LogP contribution in [-0.4, -0.2) is 19.6 Å². The molecule has 0 saturated carbocycles. The van der Waals surface area contributed by atoms with Gasteiger partial charge in [0, 0.05) is 0 Å². The van der Waals surface area contributed by atoms with Gasteiger partial charge in [0.15, 0.2) is 11.5 Å². The van der Waals surface area contributed by atoms with E-state index in [0.717, 1.165) is 0 Å². The lowest BCUT2D eigenvalue weighted by Crippen LogP contribution is -2.23. The van der Waals surface area contributed by atoms with Gasteiger partial charge in [-0.05, 0) is 51.8 Å². The smallest absolute Gasteiger partial charge is 0.262 e. The lowest BCUT2D eigenvalue weighted by Gasteiger charge is -2.12. The molecule has 1 N–H and O–H groups in total. The Hall–Kier alpha value is -3.16. The Morgan fingerprint density at radius 1 is 1.50 bits per heavy atom. The van der Waals surface area contributed by atoms with E-state index >= 15 is 0 Å². The first-order valence-electron chi connectivity index (χ1n) is 7.45. The minimum Gasteiger partial charge on any atom is -0.493 e. The number of halogens is 1. The van der Waals surface area contributed by atoms with E-state index in [2.05, 4.69) is 27.2 Å². The maximum Gasteiger partial charge on any atom is 0.262 e. The molecular weight excluding hydrogens is 400 g/mol. The van der Waals surface area contributed by atoms with Crippen LogP contribution < -0.4 is 14.8 Å². The molecule has 0 aliphatic heterocycles. The van der Waals surface area contributed by atoms with E-state index in [4.69, 9.17) is 20.3 Å². The van der Waals surface area contributed by atoms with Crippen LogP contribution >= 0.6 is 15.9 Å². The third-order valence-electron chi connectivity index (χ3n) is 3.23. The zero-order valence-electron chi connectivity index (χ0n) is 13.9. The highest BCUT2D eigenvalue weighted by Crippen LogP contribution is 2.37. The van der Waals surface area contributed by atoms with E-state index < -0.39 is 5.91 Å². The molecule has 1 heterocycles. The SMILES string of the molecule is C#CCOc1c(Br)cc(/C=C(\C#N)C(=O)NCc2ccco2)cc1OC. The fourth-order valence-corrected chi connectivity index (χ4v) is 2.64. The number of rotatable bonds is 7. The van der Waals surface area contributed by atoms with Gasteiger partial charge in [-0.2, -0.15) is 5.26 Å². The van der Waals surface area contributed by atoms with E-state index in [-0.39, 0.29) is 18.7 Å². The molecule has 0 atom stereocenters. The number of nitrogens with one attached hydrogen (secondary N) is 1. The van der Waals surface area contributed by atoms with Crippen LogP contribution in [0.25, 0.3) is 6.08 Å². The third-order valence-corrected chi connectivity index (χ3v) is 3.82. The predicted molar refractivity (Wildman–Crippen MR) is 99.2 cm³/mol. The molecule has 0 spiro atoms. The molecule has 26 heavy (non-hydrogen) atoms. The molecule has 0 bridgehead atoms.